The van der Waals surface area contributed by atoms with Crippen molar-refractivity contribution in [1.82, 2.24) is 9.38 Å². The molecular weight excluding hydrogens is 214 g/mol. The third-order valence-corrected chi connectivity index (χ3v) is 2.98. The molecule has 4 heteroatoms. The Morgan fingerprint density at radius 1 is 1.41 bits per heavy atom. The molecule has 0 fully saturated rings. The summed E-state index contributed by atoms with van der Waals surface area (Å²) in [7, 11) is 0. The van der Waals surface area contributed by atoms with Crippen LogP contribution >= 0.6 is 0 Å². The standard InChI is InChI=1S/C13H19N3O/c1-8(2)13-15-12(10(14)7-17)11-6-4-5-9(3)16(11)13/h4-6,8,10,17H,7,14H2,1-3H3. The highest BCUT2D eigenvalue weighted by molar-refractivity contribution is 5.56. The first-order valence-corrected chi connectivity index (χ1v) is 5.90. The van der Waals surface area contributed by atoms with Crippen molar-refractivity contribution in [3.63, 3.8) is 0 Å². The van der Waals surface area contributed by atoms with Gasteiger partial charge in [0.25, 0.3) is 0 Å². The monoisotopic (exact) mass is 233 g/mol. The summed E-state index contributed by atoms with van der Waals surface area (Å²) in [6, 6.07) is 5.62. The highest BCUT2D eigenvalue weighted by atomic mass is 16.3. The van der Waals surface area contributed by atoms with Crippen molar-refractivity contribution in [1.29, 1.82) is 0 Å². The fraction of sp³-hybridized carbons (Fsp3) is 0.462. The van der Waals surface area contributed by atoms with Crippen molar-refractivity contribution < 1.29 is 5.11 Å². The topological polar surface area (TPSA) is 63.5 Å². The lowest BCUT2D eigenvalue weighted by atomic mass is 10.2. The zero-order valence-corrected chi connectivity index (χ0v) is 10.5. The summed E-state index contributed by atoms with van der Waals surface area (Å²) in [5.41, 5.74) is 8.81. The molecule has 0 aliphatic carbocycles. The van der Waals surface area contributed by atoms with Crippen LogP contribution in [0.3, 0.4) is 0 Å². The minimum absolute atomic E-state index is 0.0852. The number of aliphatic hydroxyl groups is 1. The van der Waals surface area contributed by atoms with Gasteiger partial charge < -0.3 is 15.2 Å². The number of rotatable bonds is 3. The number of hydrogen-bond acceptors (Lipinski definition) is 3. The minimum Gasteiger partial charge on any atom is -0.394 e. The van der Waals surface area contributed by atoms with Crippen LogP contribution in [0.2, 0.25) is 0 Å². The molecule has 0 saturated heterocycles. The number of imidazole rings is 1. The second-order valence-corrected chi connectivity index (χ2v) is 4.69. The van der Waals surface area contributed by atoms with E-state index in [1.807, 2.05) is 12.1 Å². The van der Waals surface area contributed by atoms with Crippen LogP contribution in [0.5, 0.6) is 0 Å². The molecule has 3 N–H and O–H groups in total. The Balaban J connectivity index is 2.75. The molecule has 0 aromatic carbocycles. The van der Waals surface area contributed by atoms with Crippen LogP contribution in [0.4, 0.5) is 0 Å². The van der Waals surface area contributed by atoms with Gasteiger partial charge in [0.15, 0.2) is 0 Å². The fourth-order valence-electron chi connectivity index (χ4n) is 2.10. The quantitative estimate of drug-likeness (QED) is 0.849. The number of pyridine rings is 1. The highest BCUT2D eigenvalue weighted by Gasteiger charge is 2.18. The first-order chi connectivity index (χ1) is 8.06. The minimum atomic E-state index is -0.417. The molecule has 0 amide bonds. The second kappa shape index (κ2) is 4.47. The highest BCUT2D eigenvalue weighted by Crippen LogP contribution is 2.24. The Morgan fingerprint density at radius 3 is 2.71 bits per heavy atom. The average molecular weight is 233 g/mol. The molecule has 92 valence electrons. The summed E-state index contributed by atoms with van der Waals surface area (Å²) in [6.07, 6.45) is 0. The number of aliphatic hydroxyl groups excluding tert-OH is 1. The molecule has 0 saturated carbocycles. The lowest BCUT2D eigenvalue weighted by Crippen LogP contribution is -2.15. The number of aromatic nitrogens is 2. The summed E-state index contributed by atoms with van der Waals surface area (Å²) < 4.78 is 2.12. The number of fused-ring (bicyclic) bond motifs is 1. The number of aryl methyl sites for hydroxylation is 1. The number of nitrogens with zero attached hydrogens (tertiary/aromatic N) is 2. The molecule has 0 spiro atoms. The zero-order valence-electron chi connectivity index (χ0n) is 10.5. The largest absolute Gasteiger partial charge is 0.394 e. The average Bonchev–Trinajstić information content (AvgIpc) is 2.69. The third kappa shape index (κ3) is 1.94. The van der Waals surface area contributed by atoms with E-state index in [9.17, 15) is 5.11 Å². The Hall–Kier alpha value is -1.39. The number of nitrogens with two attached hydrogens (primary N) is 1. The predicted octanol–water partition coefficient (Wildman–Crippen LogP) is 1.76. The molecule has 2 aromatic rings. The SMILES string of the molecule is Cc1cccc2c(C(N)CO)nc(C(C)C)n12. The predicted molar refractivity (Wildman–Crippen MR) is 68.0 cm³/mol. The summed E-state index contributed by atoms with van der Waals surface area (Å²) in [5.74, 6) is 1.32. The van der Waals surface area contributed by atoms with Gasteiger partial charge in [-0.1, -0.05) is 19.9 Å². The van der Waals surface area contributed by atoms with Crippen molar-refractivity contribution in [2.45, 2.75) is 32.7 Å². The molecule has 2 aromatic heterocycles. The molecule has 4 nitrogen and oxygen atoms in total. The van der Waals surface area contributed by atoms with Gasteiger partial charge in [0.2, 0.25) is 0 Å². The maximum atomic E-state index is 9.19. The van der Waals surface area contributed by atoms with E-state index in [0.29, 0.717) is 5.92 Å². The lowest BCUT2D eigenvalue weighted by molar-refractivity contribution is 0.266. The number of hydrogen-bond donors (Lipinski definition) is 2. The van der Waals surface area contributed by atoms with Crippen molar-refractivity contribution in [3.8, 4) is 0 Å². The molecule has 2 heterocycles. The van der Waals surface area contributed by atoms with Gasteiger partial charge in [-0.05, 0) is 19.1 Å². The van der Waals surface area contributed by atoms with Crippen molar-refractivity contribution >= 4 is 5.52 Å². The van der Waals surface area contributed by atoms with E-state index in [1.54, 1.807) is 0 Å². The molecule has 0 aliphatic heterocycles. The van der Waals surface area contributed by atoms with Crippen molar-refractivity contribution in [2.24, 2.45) is 5.73 Å². The lowest BCUT2D eigenvalue weighted by Gasteiger charge is -2.07. The first-order valence-electron chi connectivity index (χ1n) is 5.90. The van der Waals surface area contributed by atoms with Crippen molar-refractivity contribution in [3.05, 3.63) is 35.4 Å². The molecule has 17 heavy (non-hydrogen) atoms. The Bertz CT molecular complexity index is 531. The Labute approximate surface area is 101 Å². The van der Waals surface area contributed by atoms with Gasteiger partial charge in [-0.2, -0.15) is 0 Å². The normalized spacial score (nSPS) is 13.5. The Morgan fingerprint density at radius 2 is 2.12 bits per heavy atom. The van der Waals surface area contributed by atoms with Crippen LogP contribution < -0.4 is 5.73 Å². The van der Waals surface area contributed by atoms with E-state index >= 15 is 0 Å². The van der Waals surface area contributed by atoms with E-state index in [1.165, 1.54) is 0 Å². The van der Waals surface area contributed by atoms with Crippen LogP contribution in [0.15, 0.2) is 18.2 Å². The van der Waals surface area contributed by atoms with Crippen LogP contribution in [-0.4, -0.2) is 21.1 Å². The van der Waals surface area contributed by atoms with Gasteiger partial charge >= 0.3 is 0 Å². The van der Waals surface area contributed by atoms with Crippen LogP contribution in [-0.2, 0) is 0 Å². The second-order valence-electron chi connectivity index (χ2n) is 4.69. The van der Waals surface area contributed by atoms with Crippen LogP contribution in [0.25, 0.3) is 5.52 Å². The Kier molecular flexibility index (Phi) is 3.17. The van der Waals surface area contributed by atoms with E-state index in [-0.39, 0.29) is 6.61 Å². The van der Waals surface area contributed by atoms with Crippen LogP contribution in [0, 0.1) is 6.92 Å². The molecular formula is C13H19N3O. The summed E-state index contributed by atoms with van der Waals surface area (Å²) in [6.45, 7) is 6.18. The summed E-state index contributed by atoms with van der Waals surface area (Å²) in [5, 5.41) is 9.19. The smallest absolute Gasteiger partial charge is 0.116 e. The van der Waals surface area contributed by atoms with E-state index in [2.05, 4.69) is 36.2 Å². The van der Waals surface area contributed by atoms with Crippen molar-refractivity contribution in [2.75, 3.05) is 6.61 Å². The van der Waals surface area contributed by atoms with Gasteiger partial charge in [-0.3, -0.25) is 0 Å². The molecule has 1 unspecified atom stereocenters. The maximum Gasteiger partial charge on any atom is 0.116 e. The summed E-state index contributed by atoms with van der Waals surface area (Å²) in [4.78, 5) is 4.60. The van der Waals surface area contributed by atoms with Gasteiger partial charge in [0, 0.05) is 11.6 Å². The van der Waals surface area contributed by atoms with Gasteiger partial charge in [-0.25, -0.2) is 4.98 Å². The fourth-order valence-corrected chi connectivity index (χ4v) is 2.10. The summed E-state index contributed by atoms with van der Waals surface area (Å²) >= 11 is 0. The van der Waals surface area contributed by atoms with Gasteiger partial charge in [-0.15, -0.1) is 0 Å². The molecule has 2 rings (SSSR count). The van der Waals surface area contributed by atoms with E-state index in [0.717, 1.165) is 22.7 Å². The first kappa shape index (κ1) is 12.1. The van der Waals surface area contributed by atoms with E-state index in [4.69, 9.17) is 5.73 Å². The molecule has 0 radical (unpaired) electrons. The molecule has 0 aliphatic rings. The third-order valence-electron chi connectivity index (χ3n) is 2.98. The van der Waals surface area contributed by atoms with E-state index < -0.39 is 6.04 Å². The van der Waals surface area contributed by atoms with Gasteiger partial charge in [0.1, 0.15) is 5.82 Å². The zero-order chi connectivity index (χ0) is 12.6. The van der Waals surface area contributed by atoms with Crippen LogP contribution in [0.1, 0.15) is 43.0 Å². The van der Waals surface area contributed by atoms with Gasteiger partial charge in [0.05, 0.1) is 23.9 Å². The maximum absolute atomic E-state index is 9.19. The molecule has 0 bridgehead atoms. The molecule has 1 atom stereocenters.